The first-order chi connectivity index (χ1) is 9.15. The zero-order valence-electron chi connectivity index (χ0n) is 12.9. The fraction of sp³-hybridized carbons (Fsp3) is 0.733. The summed E-state index contributed by atoms with van der Waals surface area (Å²) in [7, 11) is 0. The molecule has 1 aromatic rings. The number of nitrogens with one attached hydrogen (secondary N) is 1. The number of ether oxygens (including phenoxy) is 1. The molecule has 1 heterocycles. The highest BCUT2D eigenvalue weighted by atomic mass is 16.5. The normalized spacial score (nSPS) is 14.2. The minimum absolute atomic E-state index is 0.360. The van der Waals surface area contributed by atoms with E-state index in [0.29, 0.717) is 24.4 Å². The van der Waals surface area contributed by atoms with E-state index in [1.807, 2.05) is 13.8 Å². The van der Waals surface area contributed by atoms with E-state index in [1.165, 1.54) is 0 Å². The summed E-state index contributed by atoms with van der Waals surface area (Å²) in [5.41, 5.74) is 2.16. The molecule has 2 unspecified atom stereocenters. The van der Waals surface area contributed by atoms with Gasteiger partial charge in [-0.05, 0) is 33.2 Å². The third kappa shape index (κ3) is 4.16. The average molecular weight is 265 g/mol. The van der Waals surface area contributed by atoms with Crippen LogP contribution in [0.2, 0.25) is 0 Å². The third-order valence-corrected chi connectivity index (χ3v) is 3.49. The Kier molecular flexibility index (Phi) is 6.78. The summed E-state index contributed by atoms with van der Waals surface area (Å²) in [6.45, 7) is 12.3. The minimum Gasteiger partial charge on any atom is -0.478 e. The van der Waals surface area contributed by atoms with Gasteiger partial charge >= 0.3 is 0 Å². The molecule has 0 radical (unpaired) electrons. The Balaban J connectivity index is 2.90. The smallest absolute Gasteiger partial charge is 0.219 e. The Morgan fingerprint density at radius 1 is 1.26 bits per heavy atom. The predicted octanol–water partition coefficient (Wildman–Crippen LogP) is 3.07. The van der Waals surface area contributed by atoms with Gasteiger partial charge in [-0.25, -0.2) is 9.97 Å². The van der Waals surface area contributed by atoms with Crippen molar-refractivity contribution < 1.29 is 4.74 Å². The molecule has 0 saturated heterocycles. The van der Waals surface area contributed by atoms with E-state index in [9.17, 15) is 0 Å². The highest BCUT2D eigenvalue weighted by Crippen LogP contribution is 2.26. The molecule has 0 aliphatic rings. The molecule has 0 bridgehead atoms. The second-order valence-corrected chi connectivity index (χ2v) is 4.88. The largest absolute Gasteiger partial charge is 0.478 e. The molecule has 4 heteroatoms. The molecule has 1 rings (SSSR count). The van der Waals surface area contributed by atoms with Gasteiger partial charge in [0.2, 0.25) is 5.88 Å². The second-order valence-electron chi connectivity index (χ2n) is 4.88. The van der Waals surface area contributed by atoms with Crippen molar-refractivity contribution in [3.63, 3.8) is 0 Å². The van der Waals surface area contributed by atoms with Crippen molar-refractivity contribution in [3.05, 3.63) is 17.6 Å². The standard InChI is InChI=1S/C15H27N3O/c1-6-9-16-13(7-2)11(4)14-12(5)15(19-8-3)18-10-17-14/h10-11,13,16H,6-9H2,1-5H3. The fourth-order valence-electron chi connectivity index (χ4n) is 2.38. The van der Waals surface area contributed by atoms with Crippen molar-refractivity contribution >= 4 is 0 Å². The molecule has 0 saturated carbocycles. The molecular formula is C15H27N3O. The van der Waals surface area contributed by atoms with Gasteiger partial charge < -0.3 is 10.1 Å². The maximum absolute atomic E-state index is 5.55. The Morgan fingerprint density at radius 2 is 2.00 bits per heavy atom. The number of hydrogen-bond acceptors (Lipinski definition) is 4. The van der Waals surface area contributed by atoms with E-state index in [1.54, 1.807) is 6.33 Å². The van der Waals surface area contributed by atoms with E-state index in [-0.39, 0.29) is 0 Å². The third-order valence-electron chi connectivity index (χ3n) is 3.49. The summed E-state index contributed by atoms with van der Waals surface area (Å²) in [4.78, 5) is 8.67. The first-order valence-electron chi connectivity index (χ1n) is 7.33. The van der Waals surface area contributed by atoms with E-state index >= 15 is 0 Å². The van der Waals surface area contributed by atoms with Gasteiger partial charge in [-0.1, -0.05) is 20.8 Å². The lowest BCUT2D eigenvalue weighted by atomic mass is 9.93. The van der Waals surface area contributed by atoms with Gasteiger partial charge in [-0.15, -0.1) is 0 Å². The van der Waals surface area contributed by atoms with Gasteiger partial charge in [0.15, 0.2) is 0 Å². The lowest BCUT2D eigenvalue weighted by Gasteiger charge is -2.25. The molecule has 0 amide bonds. The molecule has 19 heavy (non-hydrogen) atoms. The fourth-order valence-corrected chi connectivity index (χ4v) is 2.38. The molecule has 2 atom stereocenters. The van der Waals surface area contributed by atoms with Crippen molar-refractivity contribution in [1.82, 2.24) is 15.3 Å². The van der Waals surface area contributed by atoms with Crippen molar-refractivity contribution in [2.24, 2.45) is 0 Å². The lowest BCUT2D eigenvalue weighted by Crippen LogP contribution is -2.34. The molecule has 0 spiro atoms. The van der Waals surface area contributed by atoms with Gasteiger partial charge in [-0.3, -0.25) is 0 Å². The van der Waals surface area contributed by atoms with Crippen LogP contribution < -0.4 is 10.1 Å². The Morgan fingerprint density at radius 3 is 2.58 bits per heavy atom. The van der Waals surface area contributed by atoms with E-state index in [4.69, 9.17) is 4.74 Å². The second kappa shape index (κ2) is 8.10. The molecule has 1 N–H and O–H groups in total. The number of hydrogen-bond donors (Lipinski definition) is 1. The van der Waals surface area contributed by atoms with Gasteiger partial charge in [0, 0.05) is 17.5 Å². The zero-order valence-corrected chi connectivity index (χ0v) is 12.9. The van der Waals surface area contributed by atoms with Gasteiger partial charge in [0.1, 0.15) is 6.33 Å². The summed E-state index contributed by atoms with van der Waals surface area (Å²) in [6, 6.07) is 0.447. The Labute approximate surface area is 117 Å². The Bertz CT molecular complexity index is 382. The monoisotopic (exact) mass is 265 g/mol. The van der Waals surface area contributed by atoms with Gasteiger partial charge in [-0.2, -0.15) is 0 Å². The number of nitrogens with zero attached hydrogens (tertiary/aromatic N) is 2. The number of rotatable bonds is 8. The molecular weight excluding hydrogens is 238 g/mol. The lowest BCUT2D eigenvalue weighted by molar-refractivity contribution is 0.321. The maximum Gasteiger partial charge on any atom is 0.219 e. The van der Waals surface area contributed by atoms with Crippen LogP contribution in [0.5, 0.6) is 5.88 Å². The van der Waals surface area contributed by atoms with Crippen LogP contribution in [0, 0.1) is 6.92 Å². The van der Waals surface area contributed by atoms with Gasteiger partial charge in [0.05, 0.1) is 12.3 Å². The molecule has 0 aliphatic heterocycles. The topological polar surface area (TPSA) is 47.0 Å². The van der Waals surface area contributed by atoms with Gasteiger partial charge in [0.25, 0.3) is 0 Å². The van der Waals surface area contributed by atoms with E-state index in [0.717, 1.165) is 30.6 Å². The molecule has 4 nitrogen and oxygen atoms in total. The average Bonchev–Trinajstić information content (AvgIpc) is 2.42. The molecule has 0 aromatic carbocycles. The quantitative estimate of drug-likeness (QED) is 0.784. The summed E-state index contributed by atoms with van der Waals surface area (Å²) < 4.78 is 5.55. The van der Waals surface area contributed by atoms with Crippen LogP contribution in [0.3, 0.4) is 0 Å². The molecule has 1 aromatic heterocycles. The van der Waals surface area contributed by atoms with Crippen LogP contribution in [0.15, 0.2) is 6.33 Å². The first-order valence-corrected chi connectivity index (χ1v) is 7.33. The maximum atomic E-state index is 5.55. The van der Waals surface area contributed by atoms with Crippen molar-refractivity contribution in [2.75, 3.05) is 13.2 Å². The Hall–Kier alpha value is -1.16. The number of aromatic nitrogens is 2. The summed E-state index contributed by atoms with van der Waals surface area (Å²) >= 11 is 0. The SMILES string of the molecule is CCCNC(CC)C(C)c1ncnc(OCC)c1C. The first kappa shape index (κ1) is 15.9. The summed E-state index contributed by atoms with van der Waals surface area (Å²) in [5, 5.41) is 3.59. The van der Waals surface area contributed by atoms with Crippen LogP contribution in [0.4, 0.5) is 0 Å². The van der Waals surface area contributed by atoms with E-state index in [2.05, 4.69) is 36.1 Å². The predicted molar refractivity (Wildman–Crippen MR) is 78.7 cm³/mol. The zero-order chi connectivity index (χ0) is 14.3. The minimum atomic E-state index is 0.360. The molecule has 0 aliphatic carbocycles. The van der Waals surface area contributed by atoms with Crippen LogP contribution in [0.25, 0.3) is 0 Å². The van der Waals surface area contributed by atoms with Crippen LogP contribution >= 0.6 is 0 Å². The van der Waals surface area contributed by atoms with Crippen LogP contribution in [0.1, 0.15) is 57.7 Å². The summed E-state index contributed by atoms with van der Waals surface area (Å²) in [5.74, 6) is 1.07. The summed E-state index contributed by atoms with van der Waals surface area (Å²) in [6.07, 6.45) is 3.85. The highest BCUT2D eigenvalue weighted by Gasteiger charge is 2.21. The van der Waals surface area contributed by atoms with E-state index < -0.39 is 0 Å². The van der Waals surface area contributed by atoms with Crippen LogP contribution in [-0.4, -0.2) is 29.2 Å². The molecule has 108 valence electrons. The molecule has 0 fully saturated rings. The highest BCUT2D eigenvalue weighted by molar-refractivity contribution is 5.31. The van der Waals surface area contributed by atoms with Crippen molar-refractivity contribution in [3.8, 4) is 5.88 Å². The van der Waals surface area contributed by atoms with Crippen molar-refractivity contribution in [1.29, 1.82) is 0 Å². The van der Waals surface area contributed by atoms with Crippen LogP contribution in [-0.2, 0) is 0 Å². The van der Waals surface area contributed by atoms with Crippen molar-refractivity contribution in [2.45, 2.75) is 59.4 Å².